The molecule has 0 radical (unpaired) electrons. The van der Waals surface area contributed by atoms with Crippen molar-refractivity contribution in [3.63, 3.8) is 0 Å². The van der Waals surface area contributed by atoms with Gasteiger partial charge in [-0.2, -0.15) is 0 Å². The summed E-state index contributed by atoms with van der Waals surface area (Å²) in [4.78, 5) is 14.5. The predicted molar refractivity (Wildman–Crippen MR) is 70.8 cm³/mol. The van der Waals surface area contributed by atoms with Gasteiger partial charge in [0, 0.05) is 19.2 Å². The molecule has 3 heterocycles. The Morgan fingerprint density at radius 3 is 3.00 bits per heavy atom. The number of amides is 1. The average molecular weight is 276 g/mol. The van der Waals surface area contributed by atoms with E-state index in [-0.39, 0.29) is 11.5 Å². The Bertz CT molecular complexity index is 491. The quantitative estimate of drug-likeness (QED) is 0.817. The van der Waals surface area contributed by atoms with Gasteiger partial charge in [0.2, 0.25) is 5.91 Å². The molecule has 1 aliphatic carbocycles. The zero-order valence-electron chi connectivity index (χ0n) is 11.6. The lowest BCUT2D eigenvalue weighted by molar-refractivity contribution is -0.185. The summed E-state index contributed by atoms with van der Waals surface area (Å²) in [5.74, 6) is 0.913. The first-order chi connectivity index (χ1) is 9.78. The third-order valence-electron chi connectivity index (χ3n) is 4.86. The second kappa shape index (κ2) is 4.55. The molecule has 6 nitrogen and oxygen atoms in total. The fourth-order valence-corrected chi connectivity index (χ4v) is 3.77. The van der Waals surface area contributed by atoms with Crippen molar-refractivity contribution in [3.8, 4) is 0 Å². The van der Waals surface area contributed by atoms with Gasteiger partial charge in [-0.15, -0.1) is 5.10 Å². The first-order valence-corrected chi connectivity index (χ1v) is 7.56. The van der Waals surface area contributed by atoms with Crippen LogP contribution in [0.3, 0.4) is 0 Å². The summed E-state index contributed by atoms with van der Waals surface area (Å²) in [5.41, 5.74) is 0.00405. The van der Waals surface area contributed by atoms with Gasteiger partial charge >= 0.3 is 0 Å². The van der Waals surface area contributed by atoms with Crippen LogP contribution in [0.5, 0.6) is 0 Å². The molecule has 20 heavy (non-hydrogen) atoms. The van der Waals surface area contributed by atoms with E-state index in [0.29, 0.717) is 24.9 Å². The van der Waals surface area contributed by atoms with Gasteiger partial charge in [0.05, 0.1) is 25.3 Å². The van der Waals surface area contributed by atoms with Crippen molar-refractivity contribution in [3.05, 3.63) is 12.4 Å². The Morgan fingerprint density at radius 2 is 2.35 bits per heavy atom. The van der Waals surface area contributed by atoms with Crippen LogP contribution in [0.1, 0.15) is 32.1 Å². The second-order valence-electron chi connectivity index (χ2n) is 6.24. The van der Waals surface area contributed by atoms with E-state index in [1.165, 1.54) is 12.8 Å². The number of aromatic nitrogens is 3. The Hall–Kier alpha value is -1.43. The summed E-state index contributed by atoms with van der Waals surface area (Å²) in [6.07, 6.45) is 8.71. The molecule has 108 valence electrons. The van der Waals surface area contributed by atoms with Crippen molar-refractivity contribution >= 4 is 5.91 Å². The molecular weight excluding hydrogens is 256 g/mol. The predicted octanol–water partition coefficient (Wildman–Crippen LogP) is 0.838. The number of hydrogen-bond donors (Lipinski definition) is 0. The molecule has 0 bridgehead atoms. The smallest absolute Gasteiger partial charge is 0.224 e. The van der Waals surface area contributed by atoms with E-state index in [9.17, 15) is 4.79 Å². The molecule has 2 saturated heterocycles. The van der Waals surface area contributed by atoms with Gasteiger partial charge in [-0.05, 0) is 31.6 Å². The Morgan fingerprint density at radius 1 is 1.45 bits per heavy atom. The molecule has 1 aromatic rings. The minimum atomic E-state index is 0.00405. The van der Waals surface area contributed by atoms with Crippen LogP contribution in [0.25, 0.3) is 0 Å². The van der Waals surface area contributed by atoms with Crippen molar-refractivity contribution < 1.29 is 9.53 Å². The second-order valence-corrected chi connectivity index (χ2v) is 6.24. The lowest BCUT2D eigenvalue weighted by Crippen LogP contribution is -2.71. The molecule has 1 saturated carbocycles. The highest BCUT2D eigenvalue weighted by atomic mass is 16.5. The topological polar surface area (TPSA) is 60.2 Å². The number of carbonyl (C=O) groups excluding carboxylic acids is 1. The van der Waals surface area contributed by atoms with Crippen molar-refractivity contribution in [1.29, 1.82) is 0 Å². The Kier molecular flexibility index (Phi) is 2.80. The number of rotatable bonds is 4. The maximum Gasteiger partial charge on any atom is 0.224 e. The fraction of sp³-hybridized carbons (Fsp3) is 0.786. The van der Waals surface area contributed by atoms with Crippen molar-refractivity contribution in [2.45, 2.75) is 50.3 Å². The lowest BCUT2D eigenvalue weighted by atomic mass is 9.78. The molecule has 2 unspecified atom stereocenters. The van der Waals surface area contributed by atoms with E-state index in [2.05, 4.69) is 15.2 Å². The summed E-state index contributed by atoms with van der Waals surface area (Å²) in [5, 5.41) is 7.66. The number of nitrogens with zero attached hydrogens (tertiary/aromatic N) is 4. The minimum absolute atomic E-state index is 0.00405. The van der Waals surface area contributed by atoms with Crippen LogP contribution in [0.4, 0.5) is 0 Å². The molecule has 1 spiro atoms. The largest absolute Gasteiger partial charge is 0.371 e. The van der Waals surface area contributed by atoms with Crippen molar-refractivity contribution in [2.24, 2.45) is 5.92 Å². The van der Waals surface area contributed by atoms with Crippen LogP contribution >= 0.6 is 0 Å². The van der Waals surface area contributed by atoms with Crippen LogP contribution in [-0.2, 0) is 16.1 Å². The first kappa shape index (κ1) is 12.3. The maximum atomic E-state index is 12.4. The van der Waals surface area contributed by atoms with E-state index in [1.54, 1.807) is 17.1 Å². The normalized spacial score (nSPS) is 32.6. The summed E-state index contributed by atoms with van der Waals surface area (Å²) in [7, 11) is 0. The Labute approximate surface area is 118 Å². The highest BCUT2D eigenvalue weighted by molar-refractivity contribution is 5.78. The van der Waals surface area contributed by atoms with Gasteiger partial charge in [-0.3, -0.25) is 9.48 Å². The number of ether oxygens (including phenoxy) is 1. The monoisotopic (exact) mass is 276 g/mol. The Balaban J connectivity index is 1.39. The van der Waals surface area contributed by atoms with E-state index < -0.39 is 0 Å². The van der Waals surface area contributed by atoms with Gasteiger partial charge in [-0.1, -0.05) is 5.21 Å². The summed E-state index contributed by atoms with van der Waals surface area (Å²) in [6, 6.07) is 0.341. The molecule has 2 atom stereocenters. The van der Waals surface area contributed by atoms with Crippen molar-refractivity contribution in [2.75, 3.05) is 13.2 Å². The third-order valence-corrected chi connectivity index (χ3v) is 4.86. The standard InChI is InChI=1S/C14H20N4O2/c19-12(4-7-17-8-6-15-16-17)18-10-14(5-1-9-20-14)13(18)11-2-3-11/h6,8,11,13H,1-5,7,9-10H2. The molecule has 1 amide bonds. The fourth-order valence-electron chi connectivity index (χ4n) is 3.77. The average Bonchev–Trinajstić information content (AvgIpc) is 2.97. The van der Waals surface area contributed by atoms with Gasteiger partial charge in [0.15, 0.2) is 0 Å². The number of carbonyl (C=O) groups is 1. The highest BCUT2D eigenvalue weighted by Crippen LogP contribution is 2.51. The molecule has 3 aliphatic rings. The van der Waals surface area contributed by atoms with E-state index in [4.69, 9.17) is 4.74 Å². The van der Waals surface area contributed by atoms with Crippen LogP contribution in [0.2, 0.25) is 0 Å². The van der Waals surface area contributed by atoms with Crippen LogP contribution in [-0.4, -0.2) is 50.6 Å². The first-order valence-electron chi connectivity index (χ1n) is 7.56. The SMILES string of the molecule is O=C(CCn1ccnn1)N1CC2(CCCO2)C1C1CC1. The van der Waals surface area contributed by atoms with E-state index >= 15 is 0 Å². The van der Waals surface area contributed by atoms with E-state index in [0.717, 1.165) is 26.0 Å². The lowest BCUT2D eigenvalue weighted by Gasteiger charge is -2.55. The summed E-state index contributed by atoms with van der Waals surface area (Å²) in [6.45, 7) is 2.27. The molecule has 6 heteroatoms. The molecule has 3 fully saturated rings. The zero-order chi connectivity index (χ0) is 13.6. The highest BCUT2D eigenvalue weighted by Gasteiger charge is 2.61. The molecular formula is C14H20N4O2. The maximum absolute atomic E-state index is 12.4. The molecule has 0 N–H and O–H groups in total. The van der Waals surface area contributed by atoms with Gasteiger partial charge in [0.1, 0.15) is 5.60 Å². The van der Waals surface area contributed by atoms with E-state index in [1.807, 2.05) is 0 Å². The van der Waals surface area contributed by atoms with Gasteiger partial charge in [0.25, 0.3) is 0 Å². The van der Waals surface area contributed by atoms with Gasteiger partial charge < -0.3 is 9.64 Å². The number of aryl methyl sites for hydroxylation is 1. The zero-order valence-corrected chi connectivity index (χ0v) is 11.6. The molecule has 0 aromatic carbocycles. The van der Waals surface area contributed by atoms with Crippen molar-refractivity contribution in [1.82, 2.24) is 19.9 Å². The van der Waals surface area contributed by atoms with Crippen LogP contribution < -0.4 is 0 Å². The summed E-state index contributed by atoms with van der Waals surface area (Å²) < 4.78 is 7.71. The third kappa shape index (κ3) is 1.93. The molecule has 4 rings (SSSR count). The summed E-state index contributed by atoms with van der Waals surface area (Å²) >= 11 is 0. The number of likely N-dealkylation sites (tertiary alicyclic amines) is 1. The minimum Gasteiger partial charge on any atom is -0.371 e. The van der Waals surface area contributed by atoms with Crippen LogP contribution in [0, 0.1) is 5.92 Å². The van der Waals surface area contributed by atoms with Crippen LogP contribution in [0.15, 0.2) is 12.4 Å². The molecule has 1 aromatic heterocycles. The molecule has 2 aliphatic heterocycles. The van der Waals surface area contributed by atoms with Gasteiger partial charge in [-0.25, -0.2) is 0 Å². The number of hydrogen-bond acceptors (Lipinski definition) is 4.